The van der Waals surface area contributed by atoms with Crippen LogP contribution in [0.25, 0.3) is 11.1 Å². The number of carbonyl (C=O) groups excluding carboxylic acids is 2. The van der Waals surface area contributed by atoms with Gasteiger partial charge in [-0.25, -0.2) is 8.78 Å². The number of nitrogens with zero attached hydrogens (tertiary/aromatic N) is 2. The SMILES string of the molecule is Cc1cccc(C)c1-c1cc(F)c(F)c([C@H](CC(=O)O)NC(=O)[C@@H]2[C@@H]3[C@H](CN2C(=O)c2cccnc2)C3(C)C)c1. The van der Waals surface area contributed by atoms with Crippen molar-refractivity contribution in [3.8, 4) is 11.1 Å². The van der Waals surface area contributed by atoms with Crippen molar-refractivity contribution in [2.24, 2.45) is 17.3 Å². The number of hydrogen-bond acceptors (Lipinski definition) is 4. The predicted molar refractivity (Wildman–Crippen MR) is 144 cm³/mol. The topological polar surface area (TPSA) is 99.6 Å². The molecular weight excluding hydrogens is 516 g/mol. The number of hydrogen-bond donors (Lipinski definition) is 2. The molecule has 2 N–H and O–H groups in total. The Kier molecular flexibility index (Phi) is 6.94. The number of aryl methyl sites for hydroxylation is 2. The van der Waals surface area contributed by atoms with Gasteiger partial charge in [0.2, 0.25) is 5.91 Å². The summed E-state index contributed by atoms with van der Waals surface area (Å²) in [6.07, 6.45) is 2.30. The molecule has 0 unspecified atom stereocenters. The molecule has 3 aromatic rings. The monoisotopic (exact) mass is 547 g/mol. The molecule has 2 amide bonds. The molecule has 0 radical (unpaired) electrons. The fourth-order valence-corrected chi connectivity index (χ4v) is 6.40. The molecular formula is C31H31F2N3O4. The Bertz CT molecular complexity index is 1490. The van der Waals surface area contributed by atoms with Gasteiger partial charge >= 0.3 is 5.97 Å². The van der Waals surface area contributed by atoms with Crippen molar-refractivity contribution in [3.05, 3.63) is 88.7 Å². The Morgan fingerprint density at radius 3 is 2.45 bits per heavy atom. The molecule has 1 aromatic heterocycles. The minimum atomic E-state index is -1.36. The zero-order valence-electron chi connectivity index (χ0n) is 22.7. The molecule has 2 aromatic carbocycles. The molecule has 2 fully saturated rings. The normalized spacial score (nSPS) is 21.4. The maximum absolute atomic E-state index is 15.3. The molecule has 1 saturated carbocycles. The van der Waals surface area contributed by atoms with Crippen LogP contribution >= 0.6 is 0 Å². The van der Waals surface area contributed by atoms with Gasteiger partial charge in [0.15, 0.2) is 11.6 Å². The molecule has 40 heavy (non-hydrogen) atoms. The fraction of sp³-hybridized carbons (Fsp3) is 0.355. The smallest absolute Gasteiger partial charge is 0.305 e. The van der Waals surface area contributed by atoms with Gasteiger partial charge in [0, 0.05) is 24.5 Å². The summed E-state index contributed by atoms with van der Waals surface area (Å²) in [4.78, 5) is 44.5. The van der Waals surface area contributed by atoms with Gasteiger partial charge in [0.1, 0.15) is 6.04 Å². The average Bonchev–Trinajstić information content (AvgIpc) is 3.22. The van der Waals surface area contributed by atoms with Crippen molar-refractivity contribution in [2.75, 3.05) is 6.54 Å². The van der Waals surface area contributed by atoms with E-state index in [1.54, 1.807) is 18.3 Å². The Balaban J connectivity index is 1.51. The number of pyridine rings is 1. The molecule has 5 rings (SSSR count). The number of fused-ring (bicyclic) bond motifs is 1. The molecule has 4 atom stereocenters. The second kappa shape index (κ2) is 10.1. The van der Waals surface area contributed by atoms with Gasteiger partial charge in [-0.3, -0.25) is 19.4 Å². The van der Waals surface area contributed by atoms with E-state index in [2.05, 4.69) is 10.3 Å². The van der Waals surface area contributed by atoms with Crippen molar-refractivity contribution in [3.63, 3.8) is 0 Å². The van der Waals surface area contributed by atoms with Gasteiger partial charge in [0.25, 0.3) is 5.91 Å². The number of aromatic nitrogens is 1. The Morgan fingerprint density at radius 2 is 1.82 bits per heavy atom. The van der Waals surface area contributed by atoms with E-state index in [9.17, 15) is 23.9 Å². The number of amides is 2. The highest BCUT2D eigenvalue weighted by Gasteiger charge is 2.69. The lowest BCUT2D eigenvalue weighted by atomic mass is 9.91. The second-order valence-corrected chi connectivity index (χ2v) is 11.4. The van der Waals surface area contributed by atoms with Crippen LogP contribution in [0, 0.1) is 42.7 Å². The summed E-state index contributed by atoms with van der Waals surface area (Å²) in [6, 6.07) is 9.03. The summed E-state index contributed by atoms with van der Waals surface area (Å²) in [5.41, 5.74) is 2.64. The third-order valence-electron chi connectivity index (χ3n) is 8.54. The van der Waals surface area contributed by atoms with Crippen LogP contribution in [-0.4, -0.2) is 45.4 Å². The van der Waals surface area contributed by atoms with Crippen LogP contribution in [-0.2, 0) is 9.59 Å². The first-order chi connectivity index (χ1) is 18.9. The minimum absolute atomic E-state index is 0.0864. The zero-order valence-corrected chi connectivity index (χ0v) is 22.7. The number of benzene rings is 2. The molecule has 2 aliphatic rings. The van der Waals surface area contributed by atoms with E-state index < -0.39 is 42.0 Å². The average molecular weight is 548 g/mol. The number of aliphatic carboxylic acids is 1. The van der Waals surface area contributed by atoms with Crippen LogP contribution in [0.4, 0.5) is 8.78 Å². The lowest BCUT2D eigenvalue weighted by molar-refractivity contribution is -0.138. The Morgan fingerprint density at radius 1 is 1.12 bits per heavy atom. The summed E-state index contributed by atoms with van der Waals surface area (Å²) in [6.45, 7) is 8.10. The molecule has 1 aliphatic carbocycles. The number of carboxylic acid groups (broad SMARTS) is 1. The van der Waals surface area contributed by atoms with Crippen molar-refractivity contribution in [1.82, 2.24) is 15.2 Å². The van der Waals surface area contributed by atoms with Crippen LogP contribution in [0.3, 0.4) is 0 Å². The van der Waals surface area contributed by atoms with Crippen molar-refractivity contribution < 1.29 is 28.3 Å². The molecule has 208 valence electrons. The molecule has 2 heterocycles. The van der Waals surface area contributed by atoms with E-state index in [1.807, 2.05) is 45.9 Å². The summed E-state index contributed by atoms with van der Waals surface area (Å²) in [7, 11) is 0. The Hall–Kier alpha value is -4.14. The van der Waals surface area contributed by atoms with E-state index in [-0.39, 0.29) is 28.7 Å². The van der Waals surface area contributed by atoms with Crippen molar-refractivity contribution in [1.29, 1.82) is 0 Å². The maximum atomic E-state index is 15.3. The zero-order chi connectivity index (χ0) is 28.9. The van der Waals surface area contributed by atoms with Gasteiger partial charge in [0.05, 0.1) is 18.0 Å². The van der Waals surface area contributed by atoms with Crippen molar-refractivity contribution in [2.45, 2.75) is 46.2 Å². The summed E-state index contributed by atoms with van der Waals surface area (Å²) in [5, 5.41) is 12.3. The van der Waals surface area contributed by atoms with E-state index >= 15 is 4.39 Å². The van der Waals surface area contributed by atoms with E-state index in [1.165, 1.54) is 17.2 Å². The quantitative estimate of drug-likeness (QED) is 0.430. The highest BCUT2D eigenvalue weighted by atomic mass is 19.2. The summed E-state index contributed by atoms with van der Waals surface area (Å²) < 4.78 is 30.2. The largest absolute Gasteiger partial charge is 0.481 e. The summed E-state index contributed by atoms with van der Waals surface area (Å²) in [5.74, 6) is -4.68. The number of nitrogens with one attached hydrogen (secondary N) is 1. The highest BCUT2D eigenvalue weighted by molar-refractivity contribution is 5.98. The lowest BCUT2D eigenvalue weighted by Crippen LogP contribution is -2.50. The first-order valence-electron chi connectivity index (χ1n) is 13.2. The molecule has 7 nitrogen and oxygen atoms in total. The van der Waals surface area contributed by atoms with E-state index in [0.717, 1.165) is 17.2 Å². The van der Waals surface area contributed by atoms with Gasteiger partial charge in [-0.05, 0) is 77.6 Å². The minimum Gasteiger partial charge on any atom is -0.481 e. The molecule has 0 spiro atoms. The summed E-state index contributed by atoms with van der Waals surface area (Å²) >= 11 is 0. The van der Waals surface area contributed by atoms with Gasteiger partial charge < -0.3 is 15.3 Å². The van der Waals surface area contributed by atoms with Gasteiger partial charge in [-0.15, -0.1) is 0 Å². The lowest BCUT2D eigenvalue weighted by Gasteiger charge is -2.31. The molecule has 1 aliphatic heterocycles. The van der Waals surface area contributed by atoms with Crippen LogP contribution < -0.4 is 5.32 Å². The number of halogens is 2. The Labute approximate surface area is 231 Å². The highest BCUT2D eigenvalue weighted by Crippen LogP contribution is 2.65. The van der Waals surface area contributed by atoms with Crippen LogP contribution in [0.2, 0.25) is 0 Å². The number of rotatable bonds is 7. The van der Waals surface area contributed by atoms with E-state index in [4.69, 9.17) is 0 Å². The van der Waals surface area contributed by atoms with E-state index in [0.29, 0.717) is 23.2 Å². The van der Waals surface area contributed by atoms with Crippen LogP contribution in [0.5, 0.6) is 0 Å². The molecule has 9 heteroatoms. The number of carbonyl (C=O) groups is 3. The van der Waals surface area contributed by atoms with Crippen LogP contribution in [0.15, 0.2) is 54.9 Å². The third kappa shape index (κ3) is 4.74. The molecule has 1 saturated heterocycles. The van der Waals surface area contributed by atoms with Gasteiger partial charge in [-0.1, -0.05) is 32.0 Å². The number of piperidine rings is 1. The molecule has 0 bridgehead atoms. The standard InChI is InChI=1S/C31H31F2N3O4/c1-16-7-5-8-17(2)25(16)19-11-20(27(33)22(32)12-19)23(13-24(37)38)35-29(39)28-26-21(31(26,3)4)15-36(28)30(40)18-9-6-10-34-14-18/h5-12,14,21,23,26,28H,13,15H2,1-4H3,(H,35,39)(H,37,38)/t21-,23-,26-,28-/m0/s1. The first-order valence-corrected chi connectivity index (χ1v) is 13.2. The van der Waals surface area contributed by atoms with Crippen LogP contribution in [0.1, 0.15) is 53.4 Å². The fourth-order valence-electron chi connectivity index (χ4n) is 6.40. The van der Waals surface area contributed by atoms with Crippen molar-refractivity contribution >= 4 is 17.8 Å². The second-order valence-electron chi connectivity index (χ2n) is 11.4. The maximum Gasteiger partial charge on any atom is 0.305 e. The predicted octanol–water partition coefficient (Wildman–Crippen LogP) is 5.07. The first kappa shape index (κ1) is 27.4. The van der Waals surface area contributed by atoms with Gasteiger partial charge in [-0.2, -0.15) is 0 Å². The third-order valence-corrected chi connectivity index (χ3v) is 8.54. The number of carboxylic acids is 1. The number of likely N-dealkylation sites (tertiary alicyclic amines) is 1.